The van der Waals surface area contributed by atoms with Crippen LogP contribution in [0.3, 0.4) is 0 Å². The molecular weight excluding hydrogens is 236 g/mol. The molecule has 19 heavy (non-hydrogen) atoms. The molecule has 0 aliphatic carbocycles. The van der Waals surface area contributed by atoms with E-state index in [-0.39, 0.29) is 5.78 Å². The highest BCUT2D eigenvalue weighted by atomic mass is 16.1. The Kier molecular flexibility index (Phi) is 9.06. The molecule has 0 saturated carbocycles. The smallest absolute Gasteiger partial charge is 0.159 e. The van der Waals surface area contributed by atoms with Gasteiger partial charge in [0.05, 0.1) is 6.54 Å². The predicted octanol–water partition coefficient (Wildman–Crippen LogP) is 3.91. The maximum Gasteiger partial charge on any atom is 0.159 e. The Balaban J connectivity index is 0.00000154. The van der Waals surface area contributed by atoms with Crippen molar-refractivity contribution < 1.29 is 4.79 Å². The molecule has 0 atom stereocenters. The molecule has 0 N–H and O–H groups in total. The molecule has 0 heterocycles. The van der Waals surface area contributed by atoms with Crippen LogP contribution in [0.4, 0.5) is 0 Å². The van der Waals surface area contributed by atoms with Crippen molar-refractivity contribution in [2.75, 3.05) is 7.05 Å². The molecule has 1 aromatic carbocycles. The van der Waals surface area contributed by atoms with Gasteiger partial charge in [-0.3, -0.25) is 9.80 Å². The average molecular weight is 260 g/mol. The third-order valence-electron chi connectivity index (χ3n) is 2.29. The SMILES string of the molecule is C/C=C/C=N/N(C)Cc1cccc(C(C)=O)c1.CC. The number of benzene rings is 1. The Bertz CT molecular complexity index is 436. The van der Waals surface area contributed by atoms with E-state index in [2.05, 4.69) is 5.10 Å². The summed E-state index contributed by atoms with van der Waals surface area (Å²) in [6.45, 7) is 8.21. The fourth-order valence-corrected chi connectivity index (χ4v) is 1.43. The largest absolute Gasteiger partial charge is 0.296 e. The lowest BCUT2D eigenvalue weighted by Crippen LogP contribution is -2.10. The Morgan fingerprint density at radius 1 is 1.37 bits per heavy atom. The number of nitrogens with zero attached hydrogens (tertiary/aromatic N) is 2. The van der Waals surface area contributed by atoms with Crippen molar-refractivity contribution in [1.29, 1.82) is 0 Å². The number of Topliss-reactive ketones (excluding diaryl/α,β-unsaturated/α-hetero) is 1. The Morgan fingerprint density at radius 3 is 2.63 bits per heavy atom. The quantitative estimate of drug-likeness (QED) is 0.457. The summed E-state index contributed by atoms with van der Waals surface area (Å²) < 4.78 is 0. The van der Waals surface area contributed by atoms with Crippen LogP contribution >= 0.6 is 0 Å². The lowest BCUT2D eigenvalue weighted by molar-refractivity contribution is 0.101. The van der Waals surface area contributed by atoms with Crippen LogP contribution in [-0.2, 0) is 6.54 Å². The Hall–Kier alpha value is -1.90. The van der Waals surface area contributed by atoms with Crippen LogP contribution in [0.15, 0.2) is 41.5 Å². The second-order valence-corrected chi connectivity index (χ2v) is 3.86. The van der Waals surface area contributed by atoms with E-state index in [0.29, 0.717) is 6.54 Å². The highest BCUT2D eigenvalue weighted by molar-refractivity contribution is 5.94. The van der Waals surface area contributed by atoms with E-state index >= 15 is 0 Å². The first-order chi connectivity index (χ1) is 9.13. The van der Waals surface area contributed by atoms with E-state index in [1.165, 1.54) is 0 Å². The van der Waals surface area contributed by atoms with Gasteiger partial charge in [-0.25, -0.2) is 0 Å². The molecule has 0 bridgehead atoms. The molecular formula is C16H24N2O. The molecule has 1 rings (SSSR count). The van der Waals surface area contributed by atoms with Gasteiger partial charge >= 0.3 is 0 Å². The fraction of sp³-hybridized carbons (Fsp3) is 0.375. The van der Waals surface area contributed by atoms with Crippen LogP contribution in [0.2, 0.25) is 0 Å². The molecule has 3 nitrogen and oxygen atoms in total. The summed E-state index contributed by atoms with van der Waals surface area (Å²) in [5.41, 5.74) is 1.83. The predicted molar refractivity (Wildman–Crippen MR) is 82.6 cm³/mol. The summed E-state index contributed by atoms with van der Waals surface area (Å²) in [5.74, 6) is 0.0897. The van der Waals surface area contributed by atoms with E-state index in [9.17, 15) is 4.79 Å². The molecule has 104 valence electrons. The van der Waals surface area contributed by atoms with Gasteiger partial charge in [0, 0.05) is 18.8 Å². The van der Waals surface area contributed by atoms with Gasteiger partial charge in [0.15, 0.2) is 5.78 Å². The van der Waals surface area contributed by atoms with E-state index in [1.807, 2.05) is 69.2 Å². The third-order valence-corrected chi connectivity index (χ3v) is 2.29. The molecule has 0 radical (unpaired) electrons. The molecule has 0 fully saturated rings. The number of carbonyl (C=O) groups excluding carboxylic acids is 1. The first-order valence-corrected chi connectivity index (χ1v) is 6.59. The normalized spacial score (nSPS) is 10.4. The lowest BCUT2D eigenvalue weighted by Gasteiger charge is -2.12. The van der Waals surface area contributed by atoms with Crippen LogP contribution in [0.1, 0.15) is 43.6 Å². The summed E-state index contributed by atoms with van der Waals surface area (Å²) in [7, 11) is 1.90. The molecule has 0 aliphatic rings. The zero-order chi connectivity index (χ0) is 14.7. The lowest BCUT2D eigenvalue weighted by atomic mass is 10.1. The molecule has 3 heteroatoms. The van der Waals surface area contributed by atoms with Gasteiger partial charge < -0.3 is 0 Å². The van der Waals surface area contributed by atoms with Gasteiger partial charge in [-0.2, -0.15) is 5.10 Å². The van der Waals surface area contributed by atoms with Gasteiger partial charge in [-0.1, -0.05) is 38.1 Å². The first kappa shape index (κ1) is 17.1. The Labute approximate surface area is 116 Å². The highest BCUT2D eigenvalue weighted by Crippen LogP contribution is 2.08. The number of hydrogen-bond acceptors (Lipinski definition) is 3. The van der Waals surface area contributed by atoms with Gasteiger partial charge in [0.2, 0.25) is 0 Å². The van der Waals surface area contributed by atoms with E-state index in [0.717, 1.165) is 11.1 Å². The van der Waals surface area contributed by atoms with Crippen molar-refractivity contribution >= 4 is 12.0 Å². The maximum atomic E-state index is 11.2. The molecule has 1 aromatic rings. The third kappa shape index (κ3) is 7.19. The van der Waals surface area contributed by atoms with Crippen LogP contribution in [0.25, 0.3) is 0 Å². The molecule has 0 aromatic heterocycles. The monoisotopic (exact) mass is 260 g/mol. The van der Waals surface area contributed by atoms with E-state index in [1.54, 1.807) is 13.1 Å². The number of allylic oxidation sites excluding steroid dienone is 2. The van der Waals surface area contributed by atoms with Gasteiger partial charge in [-0.15, -0.1) is 0 Å². The number of hydrogen-bond donors (Lipinski definition) is 0. The standard InChI is InChI=1S/C14H18N2O.C2H6/c1-4-5-9-15-16(3)11-13-7-6-8-14(10-13)12(2)17;1-2/h4-10H,11H2,1-3H3;1-2H3/b5-4+,15-9+;. The minimum absolute atomic E-state index is 0.0897. The van der Waals surface area contributed by atoms with Crippen LogP contribution in [-0.4, -0.2) is 24.1 Å². The van der Waals surface area contributed by atoms with E-state index < -0.39 is 0 Å². The Morgan fingerprint density at radius 2 is 2.05 bits per heavy atom. The summed E-state index contributed by atoms with van der Waals surface area (Å²) >= 11 is 0. The fourth-order valence-electron chi connectivity index (χ4n) is 1.43. The summed E-state index contributed by atoms with van der Waals surface area (Å²) in [6.07, 6.45) is 5.55. The zero-order valence-electron chi connectivity index (χ0n) is 12.6. The second-order valence-electron chi connectivity index (χ2n) is 3.86. The zero-order valence-corrected chi connectivity index (χ0v) is 12.6. The summed E-state index contributed by atoms with van der Waals surface area (Å²) in [5, 5.41) is 6.05. The van der Waals surface area contributed by atoms with Crippen molar-refractivity contribution in [3.8, 4) is 0 Å². The molecule has 0 saturated heterocycles. The first-order valence-electron chi connectivity index (χ1n) is 6.59. The van der Waals surface area contributed by atoms with Gasteiger partial charge in [0.1, 0.15) is 0 Å². The highest BCUT2D eigenvalue weighted by Gasteiger charge is 2.01. The van der Waals surface area contributed by atoms with Crippen molar-refractivity contribution in [3.63, 3.8) is 0 Å². The number of rotatable bonds is 5. The van der Waals surface area contributed by atoms with Crippen LogP contribution in [0.5, 0.6) is 0 Å². The van der Waals surface area contributed by atoms with Crippen LogP contribution < -0.4 is 0 Å². The minimum atomic E-state index is 0.0897. The maximum absolute atomic E-state index is 11.2. The van der Waals surface area contributed by atoms with Gasteiger partial charge in [-0.05, 0) is 31.6 Å². The van der Waals surface area contributed by atoms with Crippen LogP contribution in [0, 0.1) is 0 Å². The molecule has 0 aliphatic heterocycles. The summed E-state index contributed by atoms with van der Waals surface area (Å²) in [4.78, 5) is 11.2. The average Bonchev–Trinajstić information content (AvgIpc) is 2.41. The van der Waals surface area contributed by atoms with Crippen molar-refractivity contribution in [2.24, 2.45) is 5.10 Å². The number of ketones is 1. The summed E-state index contributed by atoms with van der Waals surface area (Å²) in [6, 6.07) is 7.63. The van der Waals surface area contributed by atoms with Crippen molar-refractivity contribution in [1.82, 2.24) is 5.01 Å². The van der Waals surface area contributed by atoms with Gasteiger partial charge in [0.25, 0.3) is 0 Å². The number of hydrazone groups is 1. The molecule has 0 amide bonds. The molecule has 0 unspecified atom stereocenters. The van der Waals surface area contributed by atoms with E-state index in [4.69, 9.17) is 0 Å². The van der Waals surface area contributed by atoms with Crippen molar-refractivity contribution in [3.05, 3.63) is 47.5 Å². The minimum Gasteiger partial charge on any atom is -0.296 e. The second kappa shape index (κ2) is 10.1. The number of carbonyl (C=O) groups is 1. The topological polar surface area (TPSA) is 32.7 Å². The molecule has 0 spiro atoms. The van der Waals surface area contributed by atoms with Crippen molar-refractivity contribution in [2.45, 2.75) is 34.2 Å².